The van der Waals surface area contributed by atoms with E-state index in [0.717, 1.165) is 5.56 Å². The van der Waals surface area contributed by atoms with Gasteiger partial charge in [-0.25, -0.2) is 0 Å². The second kappa shape index (κ2) is 12.6. The lowest BCUT2D eigenvalue weighted by Gasteiger charge is -2.27. The van der Waals surface area contributed by atoms with E-state index in [1.165, 1.54) is 20.1 Å². The van der Waals surface area contributed by atoms with Gasteiger partial charge in [-0.3, -0.25) is 29.3 Å². The molecule has 40 heavy (non-hydrogen) atoms. The van der Waals surface area contributed by atoms with Crippen molar-refractivity contribution in [3.05, 3.63) is 65.7 Å². The van der Waals surface area contributed by atoms with Crippen LogP contribution in [-0.4, -0.2) is 55.5 Å². The number of hydrogen-bond acceptors (Lipinski definition) is 8. The second-order valence-corrected chi connectivity index (χ2v) is 9.63. The topological polar surface area (TPSA) is 149 Å². The molecule has 2 unspecified atom stereocenters. The van der Waals surface area contributed by atoms with Crippen LogP contribution in [-0.2, 0) is 28.7 Å². The first-order chi connectivity index (χ1) is 19.2. The molecule has 4 rings (SSSR count). The van der Waals surface area contributed by atoms with Gasteiger partial charge in [0.15, 0.2) is 17.3 Å². The van der Waals surface area contributed by atoms with E-state index in [9.17, 15) is 24.0 Å². The molecule has 0 bridgehead atoms. The van der Waals surface area contributed by atoms with E-state index in [1.54, 1.807) is 55.5 Å². The molecule has 2 aromatic carbocycles. The summed E-state index contributed by atoms with van der Waals surface area (Å²) < 4.78 is 16.0. The summed E-state index contributed by atoms with van der Waals surface area (Å²) in [5, 5.41) is 7.65. The minimum Gasteiger partial charge on any atom is -0.454 e. The quantitative estimate of drug-likeness (QED) is 0.218. The summed E-state index contributed by atoms with van der Waals surface area (Å²) in [6.07, 6.45) is 1.99. The van der Waals surface area contributed by atoms with Gasteiger partial charge in [-0.05, 0) is 36.3 Å². The highest BCUT2D eigenvalue weighted by Gasteiger charge is 2.47. The van der Waals surface area contributed by atoms with Crippen LogP contribution in [0.15, 0.2) is 54.6 Å². The van der Waals surface area contributed by atoms with E-state index in [-0.39, 0.29) is 13.2 Å². The van der Waals surface area contributed by atoms with E-state index in [2.05, 4.69) is 16.0 Å². The van der Waals surface area contributed by atoms with Crippen molar-refractivity contribution in [1.29, 1.82) is 0 Å². The first kappa shape index (κ1) is 28.5. The van der Waals surface area contributed by atoms with E-state index >= 15 is 0 Å². The van der Waals surface area contributed by atoms with Crippen LogP contribution >= 0.6 is 0 Å². The van der Waals surface area contributed by atoms with Gasteiger partial charge in [0, 0.05) is 13.2 Å². The van der Waals surface area contributed by atoms with E-state index in [4.69, 9.17) is 14.2 Å². The number of imide groups is 1. The van der Waals surface area contributed by atoms with Crippen LogP contribution in [0.25, 0.3) is 6.08 Å². The van der Waals surface area contributed by atoms with Crippen molar-refractivity contribution >= 4 is 35.5 Å². The number of fused-ring (bicyclic) bond motifs is 1. The Labute approximate surface area is 231 Å². The fourth-order valence-corrected chi connectivity index (χ4v) is 4.58. The predicted octanol–water partition coefficient (Wildman–Crippen LogP) is 1.67. The highest BCUT2D eigenvalue weighted by atomic mass is 16.7. The summed E-state index contributed by atoms with van der Waals surface area (Å²) in [6.45, 7) is 3.21. The average molecular weight is 550 g/mol. The highest BCUT2D eigenvalue weighted by Crippen LogP contribution is 2.32. The first-order valence-corrected chi connectivity index (χ1v) is 12.8. The van der Waals surface area contributed by atoms with Crippen LogP contribution in [0.1, 0.15) is 37.4 Å². The number of carbonyl (C=O) groups excluding carboxylic acids is 5. The molecule has 5 atom stereocenters. The summed E-state index contributed by atoms with van der Waals surface area (Å²) in [5.74, 6) is -3.73. The summed E-state index contributed by atoms with van der Waals surface area (Å²) in [6, 6.07) is 12.3. The number of nitrogens with one attached hydrogen (secondary N) is 3. The largest absolute Gasteiger partial charge is 0.454 e. The Bertz CT molecular complexity index is 1330. The molecule has 11 heteroatoms. The van der Waals surface area contributed by atoms with Gasteiger partial charge in [0.1, 0.15) is 12.0 Å². The summed E-state index contributed by atoms with van der Waals surface area (Å²) in [4.78, 5) is 63.5. The Morgan fingerprint density at radius 1 is 1.05 bits per heavy atom. The van der Waals surface area contributed by atoms with Gasteiger partial charge in [0.05, 0.1) is 24.5 Å². The lowest BCUT2D eigenvalue weighted by atomic mass is 9.87. The smallest absolute Gasteiger partial charge is 0.244 e. The monoisotopic (exact) mass is 549 g/mol. The Balaban J connectivity index is 1.46. The molecule has 0 spiro atoms. The van der Waals surface area contributed by atoms with Crippen molar-refractivity contribution in [2.45, 2.75) is 38.5 Å². The van der Waals surface area contributed by atoms with Crippen LogP contribution in [0.5, 0.6) is 11.5 Å². The zero-order chi connectivity index (χ0) is 28.8. The molecule has 4 amide bonds. The Morgan fingerprint density at radius 2 is 1.77 bits per heavy atom. The van der Waals surface area contributed by atoms with Crippen molar-refractivity contribution in [1.82, 2.24) is 16.0 Å². The molecule has 0 aromatic heterocycles. The standard InChI is InChI=1S/C29H31N3O8/c1-16-25(29(37)32-28(16)36)27(35)26(17(2)38-3)31-24(34)14-20(19-7-5-4-6-8-19)30-23(33)12-10-18-9-11-21-22(13-18)40-15-39-21/h4-13,16-17,20,25-26H,14-15H2,1-3H3,(H,30,33)(H,31,34)(H,32,36,37)/b12-10+/t16-,17?,20-,25+,26?/m0/s1. The number of ketones is 1. The Kier molecular flexibility index (Phi) is 8.95. The molecule has 210 valence electrons. The van der Waals surface area contributed by atoms with E-state index in [1.807, 2.05) is 6.07 Å². The van der Waals surface area contributed by atoms with E-state index in [0.29, 0.717) is 17.1 Å². The molecule has 3 N–H and O–H groups in total. The number of amides is 4. The maximum atomic E-state index is 13.3. The van der Waals surface area contributed by atoms with Crippen LogP contribution < -0.4 is 25.4 Å². The lowest BCUT2D eigenvalue weighted by Crippen LogP contribution is -2.52. The third-order valence-electron chi connectivity index (χ3n) is 6.94. The third kappa shape index (κ3) is 6.55. The van der Waals surface area contributed by atoms with Gasteiger partial charge < -0.3 is 24.8 Å². The maximum Gasteiger partial charge on any atom is 0.244 e. The number of rotatable bonds is 11. The van der Waals surface area contributed by atoms with Crippen molar-refractivity contribution in [3.63, 3.8) is 0 Å². The fourth-order valence-electron chi connectivity index (χ4n) is 4.58. The molecule has 2 aromatic rings. The van der Waals surface area contributed by atoms with Gasteiger partial charge in [-0.15, -0.1) is 0 Å². The average Bonchev–Trinajstić information content (AvgIpc) is 3.52. The normalized spacial score (nSPS) is 20.1. The molecule has 0 aliphatic carbocycles. The SMILES string of the molecule is COC(C)C(NC(=O)C[C@H](NC(=O)/C=C/c1ccc2c(c1)OCO2)c1ccccc1)C(=O)[C@@H]1C(=O)NC(=O)[C@H]1C. The number of benzene rings is 2. The van der Waals surface area contributed by atoms with Crippen LogP contribution in [0.3, 0.4) is 0 Å². The highest BCUT2D eigenvalue weighted by molar-refractivity contribution is 6.16. The van der Waals surface area contributed by atoms with Gasteiger partial charge in [0.25, 0.3) is 0 Å². The first-order valence-electron chi connectivity index (χ1n) is 12.8. The van der Waals surface area contributed by atoms with Gasteiger partial charge in [-0.2, -0.15) is 0 Å². The zero-order valence-corrected chi connectivity index (χ0v) is 22.3. The van der Waals surface area contributed by atoms with Crippen molar-refractivity contribution in [2.24, 2.45) is 11.8 Å². The summed E-state index contributed by atoms with van der Waals surface area (Å²) in [5.41, 5.74) is 1.41. The molecule has 11 nitrogen and oxygen atoms in total. The molecule has 2 aliphatic heterocycles. The van der Waals surface area contributed by atoms with Gasteiger partial charge in [-0.1, -0.05) is 43.3 Å². The molecule has 0 radical (unpaired) electrons. The minimum absolute atomic E-state index is 0.143. The van der Waals surface area contributed by atoms with Crippen LogP contribution in [0, 0.1) is 11.8 Å². The van der Waals surface area contributed by atoms with Gasteiger partial charge in [0.2, 0.25) is 30.4 Å². The summed E-state index contributed by atoms with van der Waals surface area (Å²) >= 11 is 0. The molecular formula is C29H31N3O8. The molecule has 2 heterocycles. The molecule has 2 aliphatic rings. The van der Waals surface area contributed by atoms with Crippen molar-refractivity contribution < 1.29 is 38.2 Å². The van der Waals surface area contributed by atoms with Gasteiger partial charge >= 0.3 is 0 Å². The van der Waals surface area contributed by atoms with Crippen molar-refractivity contribution in [3.8, 4) is 11.5 Å². The predicted molar refractivity (Wildman–Crippen MR) is 143 cm³/mol. The van der Waals surface area contributed by atoms with Crippen molar-refractivity contribution in [2.75, 3.05) is 13.9 Å². The molecule has 1 saturated heterocycles. The number of carbonyl (C=O) groups is 5. The number of Topliss-reactive ketones (excluding diaryl/α,β-unsaturated/α-hetero) is 1. The zero-order valence-electron chi connectivity index (χ0n) is 22.3. The molecular weight excluding hydrogens is 518 g/mol. The molecule has 0 saturated carbocycles. The maximum absolute atomic E-state index is 13.3. The van der Waals surface area contributed by atoms with Crippen LogP contribution in [0.4, 0.5) is 0 Å². The van der Waals surface area contributed by atoms with Crippen LogP contribution in [0.2, 0.25) is 0 Å². The van der Waals surface area contributed by atoms with E-state index < -0.39 is 59.4 Å². The number of hydrogen-bond donors (Lipinski definition) is 3. The minimum atomic E-state index is -1.23. The lowest BCUT2D eigenvalue weighted by molar-refractivity contribution is -0.139. The second-order valence-electron chi connectivity index (χ2n) is 9.63. The summed E-state index contributed by atoms with van der Waals surface area (Å²) in [7, 11) is 1.37. The Morgan fingerprint density at radius 3 is 2.45 bits per heavy atom. The third-order valence-corrected chi connectivity index (χ3v) is 6.94. The number of methoxy groups -OCH3 is 1. The fraction of sp³-hybridized carbons (Fsp3) is 0.345. The molecule has 1 fully saturated rings. The number of ether oxygens (including phenoxy) is 3. The Hall–Kier alpha value is -4.51.